The third-order valence-corrected chi connectivity index (χ3v) is 5.75. The van der Waals surface area contributed by atoms with E-state index in [-0.39, 0.29) is 29.6 Å². The molecule has 1 aliphatic carbocycles. The molecule has 7 heteroatoms. The van der Waals surface area contributed by atoms with E-state index in [2.05, 4.69) is 10.7 Å². The number of carbonyl (C=O) groups excluding carboxylic acids is 3. The largest absolute Gasteiger partial charge is 0.497 e. The van der Waals surface area contributed by atoms with Crippen LogP contribution in [0.15, 0.2) is 60.7 Å². The third kappa shape index (κ3) is 4.45. The molecule has 2 aromatic carbocycles. The Morgan fingerprint density at radius 1 is 1.10 bits per heavy atom. The van der Waals surface area contributed by atoms with Crippen molar-refractivity contribution >= 4 is 23.4 Å². The first-order valence-corrected chi connectivity index (χ1v) is 10.4. The van der Waals surface area contributed by atoms with E-state index in [4.69, 9.17) is 4.74 Å². The van der Waals surface area contributed by atoms with E-state index in [0.29, 0.717) is 37.1 Å². The highest BCUT2D eigenvalue weighted by Crippen LogP contribution is 2.32. The first kappa shape index (κ1) is 20.7. The average molecular weight is 419 g/mol. The molecule has 0 spiro atoms. The van der Waals surface area contributed by atoms with Gasteiger partial charge in [0.25, 0.3) is 5.91 Å². The molecule has 3 amide bonds. The van der Waals surface area contributed by atoms with Gasteiger partial charge in [0.1, 0.15) is 5.75 Å². The number of amides is 3. The molecule has 0 radical (unpaired) electrons. The third-order valence-electron chi connectivity index (χ3n) is 5.75. The van der Waals surface area contributed by atoms with Crippen molar-refractivity contribution in [3.63, 3.8) is 0 Å². The summed E-state index contributed by atoms with van der Waals surface area (Å²) < 4.78 is 5.15. The number of anilines is 1. The van der Waals surface area contributed by atoms with Crippen LogP contribution < -0.4 is 20.5 Å². The van der Waals surface area contributed by atoms with Gasteiger partial charge >= 0.3 is 0 Å². The topological polar surface area (TPSA) is 87.7 Å². The predicted molar refractivity (Wildman–Crippen MR) is 116 cm³/mol. The number of nitrogens with one attached hydrogen (secondary N) is 2. The van der Waals surface area contributed by atoms with Gasteiger partial charge in [0, 0.05) is 12.1 Å². The lowest BCUT2D eigenvalue weighted by molar-refractivity contribution is -0.139. The van der Waals surface area contributed by atoms with Crippen molar-refractivity contribution in [2.24, 2.45) is 11.8 Å². The molecular weight excluding hydrogens is 394 g/mol. The second-order valence-corrected chi connectivity index (χ2v) is 7.71. The normalized spacial score (nSPS) is 20.1. The number of allylic oxidation sites excluding steroid dienone is 2. The number of ether oxygens (including phenoxy) is 1. The lowest BCUT2D eigenvalue weighted by atomic mass is 9.80. The Hall–Kier alpha value is -3.61. The molecule has 0 unspecified atom stereocenters. The van der Waals surface area contributed by atoms with Crippen LogP contribution in [-0.2, 0) is 16.0 Å². The number of hydrogen-bond acceptors (Lipinski definition) is 4. The first-order valence-electron chi connectivity index (χ1n) is 10.4. The highest BCUT2D eigenvalue weighted by Gasteiger charge is 2.42. The van der Waals surface area contributed by atoms with Crippen molar-refractivity contribution < 1.29 is 19.1 Å². The van der Waals surface area contributed by atoms with Crippen LogP contribution in [0.4, 0.5) is 5.69 Å². The Kier molecular flexibility index (Phi) is 6.02. The summed E-state index contributed by atoms with van der Waals surface area (Å²) in [5.74, 6) is -0.433. The number of benzene rings is 2. The second kappa shape index (κ2) is 9.04. The molecule has 0 aromatic heterocycles. The SMILES string of the molecule is COc1ccc(CCNC(=O)c2cccc(N3NC(=O)[C@H]4CC=CC[C@H]4C3=O)c2)cc1. The van der Waals surface area contributed by atoms with E-state index >= 15 is 0 Å². The maximum absolute atomic E-state index is 12.9. The zero-order valence-electron chi connectivity index (χ0n) is 17.3. The van der Waals surface area contributed by atoms with Crippen LogP contribution in [0.25, 0.3) is 0 Å². The van der Waals surface area contributed by atoms with Gasteiger partial charge in [0.15, 0.2) is 0 Å². The molecule has 1 aliphatic heterocycles. The van der Waals surface area contributed by atoms with Gasteiger partial charge < -0.3 is 10.1 Å². The molecular formula is C24H25N3O4. The fraction of sp³-hybridized carbons (Fsp3) is 0.292. The van der Waals surface area contributed by atoms with Crippen molar-refractivity contribution in [2.75, 3.05) is 18.7 Å². The number of hydrogen-bond donors (Lipinski definition) is 2. The summed E-state index contributed by atoms with van der Waals surface area (Å²) in [6.07, 6.45) is 5.71. The van der Waals surface area contributed by atoms with E-state index < -0.39 is 0 Å². The lowest BCUT2D eigenvalue weighted by Crippen LogP contribution is -2.59. The predicted octanol–water partition coefficient (Wildman–Crippen LogP) is 2.63. The standard InChI is InChI=1S/C24H25N3O4/c1-31-19-11-9-16(10-12-19)13-14-25-22(28)17-5-4-6-18(15-17)27-24(30)21-8-3-2-7-20(21)23(29)26-27/h2-6,9-12,15,20-21H,7-8,13-14H2,1H3,(H,25,28)(H,26,29)/t20-,21+/m0/s1. The summed E-state index contributed by atoms with van der Waals surface area (Å²) in [7, 11) is 1.62. The molecule has 2 aromatic rings. The maximum atomic E-state index is 12.9. The Balaban J connectivity index is 1.40. The number of nitrogens with zero attached hydrogens (tertiary/aromatic N) is 1. The van der Waals surface area contributed by atoms with E-state index in [0.717, 1.165) is 11.3 Å². The number of carbonyl (C=O) groups is 3. The van der Waals surface area contributed by atoms with E-state index in [1.54, 1.807) is 31.4 Å². The summed E-state index contributed by atoms with van der Waals surface area (Å²) >= 11 is 0. The highest BCUT2D eigenvalue weighted by atomic mass is 16.5. The van der Waals surface area contributed by atoms with Gasteiger partial charge in [-0.1, -0.05) is 30.4 Å². The van der Waals surface area contributed by atoms with Gasteiger partial charge in [0.2, 0.25) is 11.8 Å². The molecule has 1 heterocycles. The van der Waals surface area contributed by atoms with Crippen LogP contribution in [0.5, 0.6) is 5.75 Å². The average Bonchev–Trinajstić information content (AvgIpc) is 2.82. The molecule has 1 saturated heterocycles. The van der Waals surface area contributed by atoms with Crippen molar-refractivity contribution in [3.05, 3.63) is 71.8 Å². The summed E-state index contributed by atoms with van der Waals surface area (Å²) in [4.78, 5) is 38.0. The van der Waals surface area contributed by atoms with E-state index in [1.807, 2.05) is 36.4 Å². The molecule has 4 rings (SSSR count). The zero-order chi connectivity index (χ0) is 21.8. The Labute approximate surface area is 181 Å². The van der Waals surface area contributed by atoms with Crippen LogP contribution in [0.3, 0.4) is 0 Å². The first-order chi connectivity index (χ1) is 15.1. The van der Waals surface area contributed by atoms with E-state index in [1.165, 1.54) is 5.01 Å². The molecule has 0 bridgehead atoms. The monoisotopic (exact) mass is 419 g/mol. The maximum Gasteiger partial charge on any atom is 0.251 e. The van der Waals surface area contributed by atoms with Crippen LogP contribution in [-0.4, -0.2) is 31.4 Å². The minimum atomic E-state index is -0.360. The van der Waals surface area contributed by atoms with Crippen LogP contribution in [0.2, 0.25) is 0 Å². The quantitative estimate of drug-likeness (QED) is 0.705. The fourth-order valence-corrected chi connectivity index (χ4v) is 3.98. The lowest BCUT2D eigenvalue weighted by Gasteiger charge is -2.38. The van der Waals surface area contributed by atoms with Crippen molar-refractivity contribution in [2.45, 2.75) is 19.3 Å². The summed E-state index contributed by atoms with van der Waals surface area (Å²) in [5, 5.41) is 4.18. The molecule has 160 valence electrons. The molecule has 0 saturated carbocycles. The van der Waals surface area contributed by atoms with Crippen molar-refractivity contribution in [3.8, 4) is 5.75 Å². The van der Waals surface area contributed by atoms with Gasteiger partial charge in [-0.3, -0.25) is 19.8 Å². The molecule has 1 fully saturated rings. The number of fused-ring (bicyclic) bond motifs is 1. The van der Waals surface area contributed by atoms with E-state index in [9.17, 15) is 14.4 Å². The zero-order valence-corrected chi connectivity index (χ0v) is 17.3. The second-order valence-electron chi connectivity index (χ2n) is 7.71. The summed E-state index contributed by atoms with van der Waals surface area (Å²) in [6.45, 7) is 0.477. The smallest absolute Gasteiger partial charge is 0.251 e. The summed E-state index contributed by atoms with van der Waals surface area (Å²) in [5.41, 5.74) is 4.69. The number of hydrazine groups is 1. The fourth-order valence-electron chi connectivity index (χ4n) is 3.98. The minimum Gasteiger partial charge on any atom is -0.497 e. The van der Waals surface area contributed by atoms with Gasteiger partial charge in [-0.15, -0.1) is 0 Å². The van der Waals surface area contributed by atoms with Gasteiger partial charge in [-0.2, -0.15) is 0 Å². The molecule has 7 nitrogen and oxygen atoms in total. The van der Waals surface area contributed by atoms with Crippen molar-refractivity contribution in [1.29, 1.82) is 0 Å². The van der Waals surface area contributed by atoms with Gasteiger partial charge in [0.05, 0.1) is 24.6 Å². The molecule has 2 atom stereocenters. The van der Waals surface area contributed by atoms with Crippen LogP contribution >= 0.6 is 0 Å². The minimum absolute atomic E-state index is 0.147. The molecule has 2 aliphatic rings. The Bertz CT molecular complexity index is 1020. The van der Waals surface area contributed by atoms with Crippen LogP contribution in [0.1, 0.15) is 28.8 Å². The molecule has 31 heavy (non-hydrogen) atoms. The van der Waals surface area contributed by atoms with Crippen LogP contribution in [0, 0.1) is 11.8 Å². The molecule has 2 N–H and O–H groups in total. The van der Waals surface area contributed by atoms with Gasteiger partial charge in [-0.05, 0) is 55.2 Å². The summed E-state index contributed by atoms with van der Waals surface area (Å²) in [6, 6.07) is 14.4. The number of rotatable bonds is 6. The van der Waals surface area contributed by atoms with Gasteiger partial charge in [-0.25, -0.2) is 5.01 Å². The Morgan fingerprint density at radius 3 is 2.58 bits per heavy atom. The highest BCUT2D eigenvalue weighted by molar-refractivity contribution is 6.05. The Morgan fingerprint density at radius 2 is 1.84 bits per heavy atom. The number of methoxy groups -OCH3 is 1. The van der Waals surface area contributed by atoms with Crippen molar-refractivity contribution in [1.82, 2.24) is 10.7 Å².